The molecule has 3 rings (SSSR count). The largest absolute Gasteiger partial charge is 0.381 e. The van der Waals surface area contributed by atoms with Crippen LogP contribution >= 0.6 is 0 Å². The molecule has 0 aromatic carbocycles. The Bertz CT molecular complexity index is 239. The van der Waals surface area contributed by atoms with Gasteiger partial charge in [-0.25, -0.2) is 0 Å². The maximum atomic E-state index is 6.19. The minimum atomic E-state index is 0.0402. The molecule has 0 amide bonds. The first kappa shape index (κ1) is 11.9. The zero-order valence-electron chi connectivity index (χ0n) is 10.5. The Kier molecular flexibility index (Phi) is 3.66. The van der Waals surface area contributed by atoms with E-state index < -0.39 is 0 Å². The Labute approximate surface area is 103 Å². The number of morpholine rings is 1. The van der Waals surface area contributed by atoms with Gasteiger partial charge in [-0.1, -0.05) is 0 Å². The highest BCUT2D eigenvalue weighted by molar-refractivity contribution is 5.00. The Balaban J connectivity index is 1.73. The van der Waals surface area contributed by atoms with E-state index >= 15 is 0 Å². The van der Waals surface area contributed by atoms with Gasteiger partial charge in [0.1, 0.15) is 0 Å². The smallest absolute Gasteiger partial charge is 0.0881 e. The number of nitrogens with one attached hydrogen (secondary N) is 1. The minimum absolute atomic E-state index is 0.0402. The second kappa shape index (κ2) is 5.22. The van der Waals surface area contributed by atoms with Crippen LogP contribution in [0.5, 0.6) is 0 Å². The molecule has 1 N–H and O–H groups in total. The number of hydrogen-bond donors (Lipinski definition) is 1. The van der Waals surface area contributed by atoms with Crippen LogP contribution in [0.2, 0.25) is 0 Å². The van der Waals surface area contributed by atoms with Gasteiger partial charge in [0.15, 0.2) is 0 Å². The van der Waals surface area contributed by atoms with Crippen molar-refractivity contribution in [3.63, 3.8) is 0 Å². The third kappa shape index (κ3) is 2.36. The summed E-state index contributed by atoms with van der Waals surface area (Å²) in [5.74, 6) is 0.710. The summed E-state index contributed by atoms with van der Waals surface area (Å²) < 4.78 is 17.2. The van der Waals surface area contributed by atoms with E-state index in [0.717, 1.165) is 52.4 Å². The molecule has 0 aromatic rings. The molecule has 3 fully saturated rings. The third-order valence-corrected chi connectivity index (χ3v) is 4.50. The fraction of sp³-hybridized carbons (Fsp3) is 1.00. The van der Waals surface area contributed by atoms with Crippen molar-refractivity contribution in [2.24, 2.45) is 5.92 Å². The summed E-state index contributed by atoms with van der Waals surface area (Å²) in [7, 11) is 0. The Morgan fingerprint density at radius 1 is 0.882 bits per heavy atom. The van der Waals surface area contributed by atoms with Crippen molar-refractivity contribution in [1.82, 2.24) is 5.32 Å². The summed E-state index contributed by atoms with van der Waals surface area (Å²) in [6.45, 7) is 5.36. The summed E-state index contributed by atoms with van der Waals surface area (Å²) >= 11 is 0. The monoisotopic (exact) mass is 241 g/mol. The van der Waals surface area contributed by atoms with E-state index in [2.05, 4.69) is 5.32 Å². The van der Waals surface area contributed by atoms with Gasteiger partial charge in [0.2, 0.25) is 0 Å². The zero-order chi connectivity index (χ0) is 11.6. The van der Waals surface area contributed by atoms with Gasteiger partial charge < -0.3 is 19.5 Å². The van der Waals surface area contributed by atoms with E-state index in [1.807, 2.05) is 0 Å². The first-order chi connectivity index (χ1) is 8.41. The lowest BCUT2D eigenvalue weighted by molar-refractivity contribution is -0.163. The molecule has 0 saturated carbocycles. The SMILES string of the molecule is C1COC2(CCOCC2)C(C2CCOCC2)N1. The van der Waals surface area contributed by atoms with Crippen LogP contribution in [-0.4, -0.2) is 51.2 Å². The topological polar surface area (TPSA) is 39.7 Å². The first-order valence-electron chi connectivity index (χ1n) is 6.94. The maximum Gasteiger partial charge on any atom is 0.0881 e. The highest BCUT2D eigenvalue weighted by Crippen LogP contribution is 2.37. The Morgan fingerprint density at radius 3 is 2.35 bits per heavy atom. The van der Waals surface area contributed by atoms with Crippen LogP contribution in [0.4, 0.5) is 0 Å². The fourth-order valence-corrected chi connectivity index (χ4v) is 3.56. The van der Waals surface area contributed by atoms with Crippen molar-refractivity contribution in [3.05, 3.63) is 0 Å². The van der Waals surface area contributed by atoms with Gasteiger partial charge in [0.25, 0.3) is 0 Å². The second-order valence-electron chi connectivity index (χ2n) is 5.41. The van der Waals surface area contributed by atoms with E-state index in [0.29, 0.717) is 12.0 Å². The van der Waals surface area contributed by atoms with Crippen molar-refractivity contribution < 1.29 is 14.2 Å². The molecular formula is C13H23NO3. The van der Waals surface area contributed by atoms with Crippen LogP contribution in [0.15, 0.2) is 0 Å². The van der Waals surface area contributed by atoms with E-state index in [9.17, 15) is 0 Å². The molecule has 3 aliphatic heterocycles. The Hall–Kier alpha value is -0.160. The van der Waals surface area contributed by atoms with Gasteiger partial charge in [0, 0.05) is 51.9 Å². The van der Waals surface area contributed by atoms with E-state index in [1.165, 1.54) is 12.8 Å². The summed E-state index contributed by atoms with van der Waals surface area (Å²) in [6, 6.07) is 0.504. The first-order valence-corrected chi connectivity index (χ1v) is 6.94. The molecule has 4 heteroatoms. The summed E-state index contributed by atoms with van der Waals surface area (Å²) in [4.78, 5) is 0. The van der Waals surface area contributed by atoms with Crippen molar-refractivity contribution in [1.29, 1.82) is 0 Å². The maximum absolute atomic E-state index is 6.19. The average Bonchev–Trinajstić information content (AvgIpc) is 2.41. The summed E-state index contributed by atoms with van der Waals surface area (Å²) in [5, 5.41) is 3.71. The van der Waals surface area contributed by atoms with Crippen molar-refractivity contribution in [3.8, 4) is 0 Å². The molecule has 4 nitrogen and oxygen atoms in total. The molecule has 17 heavy (non-hydrogen) atoms. The van der Waals surface area contributed by atoms with Crippen molar-refractivity contribution >= 4 is 0 Å². The molecule has 1 atom stereocenters. The van der Waals surface area contributed by atoms with Crippen LogP contribution in [0.25, 0.3) is 0 Å². The lowest BCUT2D eigenvalue weighted by Crippen LogP contribution is -2.63. The van der Waals surface area contributed by atoms with Crippen molar-refractivity contribution in [2.45, 2.75) is 37.3 Å². The normalized spacial score (nSPS) is 34.9. The lowest BCUT2D eigenvalue weighted by Gasteiger charge is -2.50. The molecule has 1 spiro atoms. The number of hydrogen-bond acceptors (Lipinski definition) is 4. The summed E-state index contributed by atoms with van der Waals surface area (Å²) in [5.41, 5.74) is 0.0402. The number of ether oxygens (including phenoxy) is 3. The van der Waals surface area contributed by atoms with Gasteiger partial charge in [0.05, 0.1) is 12.2 Å². The average molecular weight is 241 g/mol. The van der Waals surface area contributed by atoms with Gasteiger partial charge in [-0.3, -0.25) is 0 Å². The molecule has 1 unspecified atom stereocenters. The van der Waals surface area contributed by atoms with Crippen LogP contribution in [0.1, 0.15) is 25.7 Å². The third-order valence-electron chi connectivity index (χ3n) is 4.50. The standard InChI is InChI=1S/C13H23NO3/c1-6-15-7-2-11(1)12-13(17-10-5-14-12)3-8-16-9-4-13/h11-12,14H,1-10H2. The molecule has 0 aromatic heterocycles. The quantitative estimate of drug-likeness (QED) is 0.742. The van der Waals surface area contributed by atoms with Crippen LogP contribution in [-0.2, 0) is 14.2 Å². The highest BCUT2D eigenvalue weighted by Gasteiger charge is 2.46. The van der Waals surface area contributed by atoms with Gasteiger partial charge in [-0.2, -0.15) is 0 Å². The summed E-state index contributed by atoms with van der Waals surface area (Å²) in [6.07, 6.45) is 4.43. The van der Waals surface area contributed by atoms with Gasteiger partial charge >= 0.3 is 0 Å². The van der Waals surface area contributed by atoms with E-state index in [-0.39, 0.29) is 5.60 Å². The predicted octanol–water partition coefficient (Wildman–Crippen LogP) is 0.951. The predicted molar refractivity (Wildman–Crippen MR) is 64.1 cm³/mol. The van der Waals surface area contributed by atoms with Crippen LogP contribution < -0.4 is 5.32 Å². The Morgan fingerprint density at radius 2 is 1.59 bits per heavy atom. The second-order valence-corrected chi connectivity index (χ2v) is 5.41. The molecule has 0 bridgehead atoms. The van der Waals surface area contributed by atoms with Crippen molar-refractivity contribution in [2.75, 3.05) is 39.6 Å². The lowest BCUT2D eigenvalue weighted by atomic mass is 9.75. The molecule has 3 saturated heterocycles. The number of rotatable bonds is 1. The highest BCUT2D eigenvalue weighted by atomic mass is 16.5. The molecule has 0 radical (unpaired) electrons. The van der Waals surface area contributed by atoms with E-state index in [4.69, 9.17) is 14.2 Å². The molecular weight excluding hydrogens is 218 g/mol. The molecule has 3 heterocycles. The minimum Gasteiger partial charge on any atom is -0.381 e. The molecule has 0 aliphatic carbocycles. The zero-order valence-corrected chi connectivity index (χ0v) is 10.5. The van der Waals surface area contributed by atoms with E-state index in [1.54, 1.807) is 0 Å². The van der Waals surface area contributed by atoms with Gasteiger partial charge in [-0.05, 0) is 18.8 Å². The van der Waals surface area contributed by atoms with Crippen LogP contribution in [0.3, 0.4) is 0 Å². The fourth-order valence-electron chi connectivity index (χ4n) is 3.56. The molecule has 3 aliphatic rings. The van der Waals surface area contributed by atoms with Gasteiger partial charge in [-0.15, -0.1) is 0 Å². The van der Waals surface area contributed by atoms with Crippen LogP contribution in [0, 0.1) is 5.92 Å². The molecule has 98 valence electrons.